The molecule has 0 atom stereocenters. The number of fused-ring (bicyclic) bond motifs is 2. The van der Waals surface area contributed by atoms with Crippen molar-refractivity contribution in [3.8, 4) is 22.6 Å². The number of ether oxygens (including phenoxy) is 2. The van der Waals surface area contributed by atoms with Gasteiger partial charge in [0.15, 0.2) is 5.75 Å². The average molecular weight is 419 g/mol. The first-order chi connectivity index (χ1) is 15.1. The number of hydrogen-bond donors (Lipinski definition) is 1. The van der Waals surface area contributed by atoms with Crippen LogP contribution in [0.15, 0.2) is 48.7 Å². The van der Waals surface area contributed by atoms with Gasteiger partial charge in [-0.3, -0.25) is 9.82 Å². The number of hydrogen-bond acceptors (Lipinski definition) is 5. The maximum Gasteiger partial charge on any atom is 0.341 e. The molecule has 1 fully saturated rings. The van der Waals surface area contributed by atoms with Gasteiger partial charge < -0.3 is 14.4 Å². The number of likely N-dealkylation sites (tertiary alicyclic amines) is 1. The van der Waals surface area contributed by atoms with Gasteiger partial charge in [-0.05, 0) is 35.4 Å². The summed E-state index contributed by atoms with van der Waals surface area (Å²) in [6.45, 7) is 1.28. The van der Waals surface area contributed by atoms with Gasteiger partial charge in [0, 0.05) is 49.5 Å². The second-order valence-electron chi connectivity index (χ2n) is 8.10. The highest BCUT2D eigenvalue weighted by Gasteiger charge is 2.43. The van der Waals surface area contributed by atoms with Gasteiger partial charge in [0.05, 0.1) is 14.2 Å². The Kier molecular flexibility index (Phi) is 4.90. The number of nitrogens with zero attached hydrogens (tertiary/aromatic N) is 2. The first-order valence-electron chi connectivity index (χ1n) is 10.4. The zero-order valence-corrected chi connectivity index (χ0v) is 17.7. The van der Waals surface area contributed by atoms with Crippen molar-refractivity contribution in [2.24, 2.45) is 0 Å². The Balaban J connectivity index is 1.40. The Morgan fingerprint density at radius 1 is 1.16 bits per heavy atom. The minimum atomic E-state index is -0.250. The van der Waals surface area contributed by atoms with Crippen molar-refractivity contribution in [3.05, 3.63) is 54.2 Å². The Morgan fingerprint density at radius 2 is 2.00 bits per heavy atom. The molecule has 0 saturated carbocycles. The minimum Gasteiger partial charge on any atom is -0.494 e. The Labute approximate surface area is 180 Å². The van der Waals surface area contributed by atoms with Crippen LogP contribution in [0, 0.1) is 0 Å². The molecule has 160 valence electrons. The van der Waals surface area contributed by atoms with Gasteiger partial charge in [-0.1, -0.05) is 18.2 Å². The van der Waals surface area contributed by atoms with E-state index >= 15 is 0 Å². The number of pyridine rings is 1. The standard InChI is InChI=1S/C24H25N3O4/c1-29-22-19(7-5-16-4-3-11-25-21(16)22)17-6-8-20-18(14-17)15-24(31-20)9-12-27(13-10-24)23(28)26-30-2/h3-8,11,14H,9-10,12-13,15H2,1-2H3,(H,26,28). The molecule has 0 aliphatic carbocycles. The van der Waals surface area contributed by atoms with Crippen molar-refractivity contribution in [1.29, 1.82) is 0 Å². The average Bonchev–Trinajstić information content (AvgIpc) is 3.15. The summed E-state index contributed by atoms with van der Waals surface area (Å²) in [6.07, 6.45) is 4.20. The van der Waals surface area contributed by atoms with E-state index in [1.54, 1.807) is 18.2 Å². The molecular formula is C24H25N3O4. The third-order valence-electron chi connectivity index (χ3n) is 6.29. The smallest absolute Gasteiger partial charge is 0.341 e. The lowest BCUT2D eigenvalue weighted by Crippen LogP contribution is -2.51. The first-order valence-corrected chi connectivity index (χ1v) is 10.4. The highest BCUT2D eigenvalue weighted by atomic mass is 16.6. The van der Waals surface area contributed by atoms with E-state index < -0.39 is 0 Å². The van der Waals surface area contributed by atoms with E-state index in [4.69, 9.17) is 14.3 Å². The molecule has 31 heavy (non-hydrogen) atoms. The topological polar surface area (TPSA) is 72.9 Å². The monoisotopic (exact) mass is 419 g/mol. The van der Waals surface area contributed by atoms with Crippen molar-refractivity contribution >= 4 is 16.9 Å². The van der Waals surface area contributed by atoms with Crippen LogP contribution in [0.2, 0.25) is 0 Å². The molecular weight excluding hydrogens is 394 g/mol. The number of nitrogens with one attached hydrogen (secondary N) is 1. The molecule has 7 heteroatoms. The van der Waals surface area contributed by atoms with Crippen LogP contribution < -0.4 is 15.0 Å². The Bertz CT molecular complexity index is 1140. The van der Waals surface area contributed by atoms with Gasteiger partial charge in [-0.25, -0.2) is 10.3 Å². The first kappa shape index (κ1) is 19.6. The third kappa shape index (κ3) is 3.45. The quantitative estimate of drug-likeness (QED) is 0.651. The van der Waals surface area contributed by atoms with Gasteiger partial charge in [-0.15, -0.1) is 0 Å². The maximum atomic E-state index is 12.0. The lowest BCUT2D eigenvalue weighted by Gasteiger charge is -2.38. The Morgan fingerprint density at radius 3 is 2.77 bits per heavy atom. The van der Waals surface area contributed by atoms with E-state index in [-0.39, 0.29) is 11.6 Å². The molecule has 5 rings (SSSR count). The van der Waals surface area contributed by atoms with E-state index in [9.17, 15) is 4.79 Å². The number of urea groups is 1. The summed E-state index contributed by atoms with van der Waals surface area (Å²) >= 11 is 0. The molecule has 7 nitrogen and oxygen atoms in total. The molecule has 1 saturated heterocycles. The third-order valence-corrected chi connectivity index (χ3v) is 6.29. The van der Waals surface area contributed by atoms with Gasteiger partial charge in [0.1, 0.15) is 16.9 Å². The predicted molar refractivity (Wildman–Crippen MR) is 117 cm³/mol. The number of amides is 2. The van der Waals surface area contributed by atoms with Gasteiger partial charge in [0.25, 0.3) is 0 Å². The lowest BCUT2D eigenvalue weighted by atomic mass is 9.86. The molecule has 0 unspecified atom stereocenters. The minimum absolute atomic E-state index is 0.202. The summed E-state index contributed by atoms with van der Waals surface area (Å²) in [7, 11) is 3.13. The van der Waals surface area contributed by atoms with Crippen molar-refractivity contribution in [1.82, 2.24) is 15.4 Å². The summed E-state index contributed by atoms with van der Waals surface area (Å²) in [5, 5.41) is 1.05. The molecule has 2 aliphatic heterocycles. The fraction of sp³-hybridized carbons (Fsp3) is 0.333. The van der Waals surface area contributed by atoms with Crippen LogP contribution in [0.1, 0.15) is 18.4 Å². The maximum absolute atomic E-state index is 12.0. The number of aromatic nitrogens is 1. The van der Waals surface area contributed by atoms with E-state index in [1.165, 1.54) is 12.7 Å². The zero-order chi connectivity index (χ0) is 21.4. The largest absolute Gasteiger partial charge is 0.494 e. The molecule has 2 aromatic carbocycles. The van der Waals surface area contributed by atoms with E-state index in [0.29, 0.717) is 13.1 Å². The number of carbonyl (C=O) groups excluding carboxylic acids is 1. The predicted octanol–water partition coefficient (Wildman–Crippen LogP) is 3.95. The number of piperidine rings is 1. The number of benzene rings is 2. The summed E-state index contributed by atoms with van der Waals surface area (Å²) in [5.74, 6) is 1.71. The Hall–Kier alpha value is -3.32. The summed E-state index contributed by atoms with van der Waals surface area (Å²) in [5.41, 5.74) is 6.29. The van der Waals surface area contributed by atoms with Crippen LogP contribution in [0.3, 0.4) is 0 Å². The summed E-state index contributed by atoms with van der Waals surface area (Å²) in [4.78, 5) is 23.0. The van der Waals surface area contributed by atoms with Crippen molar-refractivity contribution in [2.45, 2.75) is 24.9 Å². The van der Waals surface area contributed by atoms with Gasteiger partial charge in [-0.2, -0.15) is 0 Å². The van der Waals surface area contributed by atoms with Crippen molar-refractivity contribution in [3.63, 3.8) is 0 Å². The fourth-order valence-electron chi connectivity index (χ4n) is 4.70. The van der Waals surface area contributed by atoms with Crippen LogP contribution in [-0.2, 0) is 11.3 Å². The summed E-state index contributed by atoms with van der Waals surface area (Å²) in [6, 6.07) is 14.2. The molecule has 0 bridgehead atoms. The van der Waals surface area contributed by atoms with Gasteiger partial charge >= 0.3 is 6.03 Å². The fourth-order valence-corrected chi connectivity index (χ4v) is 4.70. The molecule has 0 radical (unpaired) electrons. The van der Waals surface area contributed by atoms with Crippen LogP contribution in [0.25, 0.3) is 22.0 Å². The number of rotatable bonds is 3. The zero-order valence-electron chi connectivity index (χ0n) is 17.7. The van der Waals surface area contributed by atoms with Crippen LogP contribution >= 0.6 is 0 Å². The van der Waals surface area contributed by atoms with E-state index in [2.05, 4.69) is 34.7 Å². The second-order valence-corrected chi connectivity index (χ2v) is 8.10. The van der Waals surface area contributed by atoms with Crippen LogP contribution in [-0.4, -0.2) is 48.8 Å². The molecule has 3 aromatic rings. The normalized spacial score (nSPS) is 16.8. The molecule has 1 spiro atoms. The number of carbonyl (C=O) groups is 1. The second kappa shape index (κ2) is 7.74. The SMILES string of the molecule is CONC(=O)N1CCC2(CC1)Cc1cc(-c3ccc4cccnc4c3OC)ccc1O2. The van der Waals surface area contributed by atoms with Crippen molar-refractivity contribution in [2.75, 3.05) is 27.3 Å². The molecule has 2 amide bonds. The highest BCUT2D eigenvalue weighted by molar-refractivity contribution is 5.92. The van der Waals surface area contributed by atoms with E-state index in [0.717, 1.165) is 52.8 Å². The van der Waals surface area contributed by atoms with Gasteiger partial charge in [0.2, 0.25) is 0 Å². The van der Waals surface area contributed by atoms with Crippen molar-refractivity contribution < 1.29 is 19.1 Å². The highest BCUT2D eigenvalue weighted by Crippen LogP contribution is 2.44. The van der Waals surface area contributed by atoms with Crippen LogP contribution in [0.4, 0.5) is 4.79 Å². The molecule has 3 heterocycles. The summed E-state index contributed by atoms with van der Waals surface area (Å²) < 4.78 is 12.2. The lowest BCUT2D eigenvalue weighted by molar-refractivity contribution is 0.0199. The number of hydroxylamine groups is 1. The molecule has 1 N–H and O–H groups in total. The van der Waals surface area contributed by atoms with E-state index in [1.807, 2.05) is 18.2 Å². The number of methoxy groups -OCH3 is 1. The molecule has 1 aromatic heterocycles. The molecule has 2 aliphatic rings. The van der Waals surface area contributed by atoms with Crippen LogP contribution in [0.5, 0.6) is 11.5 Å².